The molecule has 3 rings (SSSR count). The Bertz CT molecular complexity index is 667. The molecule has 0 unspecified atom stereocenters. The number of nitrogens with one attached hydrogen (secondary N) is 1. The van der Waals surface area contributed by atoms with Crippen molar-refractivity contribution in [1.29, 1.82) is 0 Å². The zero-order chi connectivity index (χ0) is 15.0. The monoisotopic (exact) mass is 383 g/mol. The quantitative estimate of drug-likeness (QED) is 0.743. The molecule has 5 heteroatoms. The minimum Gasteiger partial charge on any atom is -0.326 e. The van der Waals surface area contributed by atoms with E-state index in [4.69, 9.17) is 23.2 Å². The van der Waals surface area contributed by atoms with Gasteiger partial charge in [-0.1, -0.05) is 39.1 Å². The van der Waals surface area contributed by atoms with Gasteiger partial charge in [-0.3, -0.25) is 4.79 Å². The molecule has 0 saturated heterocycles. The van der Waals surface area contributed by atoms with Crippen molar-refractivity contribution in [2.75, 3.05) is 5.32 Å². The van der Waals surface area contributed by atoms with E-state index in [2.05, 4.69) is 21.2 Å². The van der Waals surface area contributed by atoms with Gasteiger partial charge in [0, 0.05) is 26.1 Å². The maximum absolute atomic E-state index is 12.2. The van der Waals surface area contributed by atoms with Gasteiger partial charge in [-0.2, -0.15) is 0 Å². The fourth-order valence-electron chi connectivity index (χ4n) is 2.41. The Balaban J connectivity index is 1.67. The number of amides is 1. The zero-order valence-corrected chi connectivity index (χ0v) is 14.0. The third-order valence-electron chi connectivity index (χ3n) is 3.55. The molecular formula is C16H12BrCl2NO. The second-order valence-corrected chi connectivity index (χ2v) is 6.94. The maximum atomic E-state index is 12.2. The lowest BCUT2D eigenvalue weighted by Crippen LogP contribution is -2.14. The van der Waals surface area contributed by atoms with Crippen LogP contribution in [-0.4, -0.2) is 5.91 Å². The van der Waals surface area contributed by atoms with Crippen molar-refractivity contribution in [3.63, 3.8) is 0 Å². The highest BCUT2D eigenvalue weighted by Gasteiger charge is 2.44. The number of halogens is 3. The Labute approximate surface area is 141 Å². The minimum absolute atomic E-state index is 0.0109. The number of anilines is 1. The molecule has 1 fully saturated rings. The van der Waals surface area contributed by atoms with E-state index in [9.17, 15) is 4.79 Å². The molecule has 0 spiro atoms. The third-order valence-corrected chi connectivity index (χ3v) is 4.52. The van der Waals surface area contributed by atoms with E-state index in [1.165, 1.54) is 0 Å². The van der Waals surface area contributed by atoms with E-state index in [-0.39, 0.29) is 17.7 Å². The Hall–Kier alpha value is -1.03. The van der Waals surface area contributed by atoms with E-state index in [1.807, 2.05) is 36.4 Å². The van der Waals surface area contributed by atoms with Gasteiger partial charge in [0.05, 0.1) is 0 Å². The van der Waals surface area contributed by atoms with Gasteiger partial charge in [-0.25, -0.2) is 0 Å². The number of benzene rings is 2. The molecule has 108 valence electrons. The molecular weight excluding hydrogens is 373 g/mol. The van der Waals surface area contributed by atoms with Crippen LogP contribution in [0.25, 0.3) is 0 Å². The average molecular weight is 385 g/mol. The van der Waals surface area contributed by atoms with Gasteiger partial charge >= 0.3 is 0 Å². The summed E-state index contributed by atoms with van der Waals surface area (Å²) in [6.45, 7) is 0. The fraction of sp³-hybridized carbons (Fsp3) is 0.188. The minimum atomic E-state index is -0.0109. The highest BCUT2D eigenvalue weighted by molar-refractivity contribution is 9.10. The Morgan fingerprint density at radius 3 is 2.33 bits per heavy atom. The molecule has 0 bridgehead atoms. The summed E-state index contributed by atoms with van der Waals surface area (Å²) >= 11 is 15.4. The number of hydrogen-bond donors (Lipinski definition) is 1. The molecule has 2 atom stereocenters. The first-order valence-corrected chi connectivity index (χ1v) is 8.10. The van der Waals surface area contributed by atoms with Crippen molar-refractivity contribution in [3.8, 4) is 0 Å². The second kappa shape index (κ2) is 5.99. The van der Waals surface area contributed by atoms with Crippen molar-refractivity contribution in [1.82, 2.24) is 0 Å². The summed E-state index contributed by atoms with van der Waals surface area (Å²) in [4.78, 5) is 12.2. The van der Waals surface area contributed by atoms with Crippen LogP contribution in [0.2, 0.25) is 10.0 Å². The van der Waals surface area contributed by atoms with Crippen LogP contribution in [0.3, 0.4) is 0 Å². The van der Waals surface area contributed by atoms with Gasteiger partial charge in [0.25, 0.3) is 0 Å². The van der Waals surface area contributed by atoms with Crippen LogP contribution in [0.15, 0.2) is 46.9 Å². The summed E-state index contributed by atoms with van der Waals surface area (Å²) in [6.07, 6.45) is 0.832. The van der Waals surface area contributed by atoms with Crippen molar-refractivity contribution < 1.29 is 4.79 Å². The molecule has 1 saturated carbocycles. The van der Waals surface area contributed by atoms with E-state index >= 15 is 0 Å². The van der Waals surface area contributed by atoms with E-state index in [0.29, 0.717) is 10.0 Å². The van der Waals surface area contributed by atoms with Gasteiger partial charge in [0.1, 0.15) is 0 Å². The highest BCUT2D eigenvalue weighted by Crippen LogP contribution is 2.49. The number of hydrogen-bond acceptors (Lipinski definition) is 1. The Morgan fingerprint density at radius 2 is 1.71 bits per heavy atom. The van der Waals surface area contributed by atoms with Crippen LogP contribution in [0, 0.1) is 5.92 Å². The molecule has 0 radical (unpaired) electrons. The van der Waals surface area contributed by atoms with E-state index in [1.54, 1.807) is 6.07 Å². The second-order valence-electron chi connectivity index (χ2n) is 5.15. The van der Waals surface area contributed by atoms with Crippen LogP contribution >= 0.6 is 39.1 Å². The van der Waals surface area contributed by atoms with Gasteiger partial charge in [-0.15, -0.1) is 0 Å². The molecule has 0 aliphatic heterocycles. The first-order chi connectivity index (χ1) is 10.0. The molecule has 21 heavy (non-hydrogen) atoms. The Kier molecular flexibility index (Phi) is 4.25. The van der Waals surface area contributed by atoms with Crippen LogP contribution < -0.4 is 5.32 Å². The van der Waals surface area contributed by atoms with Gasteiger partial charge < -0.3 is 5.32 Å². The lowest BCUT2D eigenvalue weighted by atomic mass is 10.1. The number of carbonyl (C=O) groups is 1. The number of carbonyl (C=O) groups excluding carboxylic acids is 1. The van der Waals surface area contributed by atoms with Crippen LogP contribution in [-0.2, 0) is 4.79 Å². The van der Waals surface area contributed by atoms with Crippen molar-refractivity contribution in [2.24, 2.45) is 5.92 Å². The highest BCUT2D eigenvalue weighted by atomic mass is 79.9. The third kappa shape index (κ3) is 3.60. The lowest BCUT2D eigenvalue weighted by molar-refractivity contribution is -0.117. The Morgan fingerprint density at radius 1 is 1.10 bits per heavy atom. The normalized spacial score (nSPS) is 20.1. The summed E-state index contributed by atoms with van der Waals surface area (Å²) in [5.74, 6) is 0.234. The molecule has 0 aromatic heterocycles. The molecule has 1 amide bonds. The first-order valence-electron chi connectivity index (χ1n) is 6.55. The molecule has 0 heterocycles. The zero-order valence-electron chi connectivity index (χ0n) is 10.9. The summed E-state index contributed by atoms with van der Waals surface area (Å²) in [5.41, 5.74) is 1.83. The molecule has 2 aromatic carbocycles. The van der Waals surface area contributed by atoms with Crippen molar-refractivity contribution in [2.45, 2.75) is 12.3 Å². The average Bonchev–Trinajstić information content (AvgIpc) is 3.20. The molecule has 1 aliphatic carbocycles. The van der Waals surface area contributed by atoms with Gasteiger partial charge in [0.15, 0.2) is 0 Å². The summed E-state index contributed by atoms with van der Waals surface area (Å²) in [6, 6.07) is 13.0. The summed E-state index contributed by atoms with van der Waals surface area (Å²) < 4.78 is 0.985. The van der Waals surface area contributed by atoms with Crippen molar-refractivity contribution >= 4 is 50.7 Å². The van der Waals surface area contributed by atoms with Gasteiger partial charge in [-0.05, 0) is 60.4 Å². The van der Waals surface area contributed by atoms with Crippen LogP contribution in [0.4, 0.5) is 5.69 Å². The molecule has 1 N–H and O–H groups in total. The standard InChI is InChI=1S/C16H12BrCl2NO/c17-10-1-3-13(4-2-10)20-16(21)15-8-14(15)9-5-11(18)7-12(19)6-9/h1-7,14-15H,8H2,(H,20,21)/t14-,15+/m1/s1. The molecule has 2 nitrogen and oxygen atoms in total. The predicted octanol–water partition coefficient (Wildman–Crippen LogP) is 5.50. The van der Waals surface area contributed by atoms with E-state index < -0.39 is 0 Å². The summed E-state index contributed by atoms with van der Waals surface area (Å²) in [5, 5.41) is 4.15. The SMILES string of the molecule is O=C(Nc1ccc(Br)cc1)[C@H]1C[C@@H]1c1cc(Cl)cc(Cl)c1. The van der Waals surface area contributed by atoms with Crippen molar-refractivity contribution in [3.05, 3.63) is 62.5 Å². The largest absolute Gasteiger partial charge is 0.326 e. The van der Waals surface area contributed by atoms with E-state index in [0.717, 1.165) is 22.1 Å². The predicted molar refractivity (Wildman–Crippen MR) is 90.1 cm³/mol. The molecule has 2 aromatic rings. The summed E-state index contributed by atoms with van der Waals surface area (Å²) in [7, 11) is 0. The van der Waals surface area contributed by atoms with Crippen LogP contribution in [0.5, 0.6) is 0 Å². The first kappa shape index (κ1) is 14.9. The lowest BCUT2D eigenvalue weighted by Gasteiger charge is -2.06. The maximum Gasteiger partial charge on any atom is 0.228 e. The smallest absolute Gasteiger partial charge is 0.228 e. The van der Waals surface area contributed by atoms with Gasteiger partial charge in [0.2, 0.25) is 5.91 Å². The number of rotatable bonds is 3. The molecule has 1 aliphatic rings. The fourth-order valence-corrected chi connectivity index (χ4v) is 3.22. The topological polar surface area (TPSA) is 29.1 Å². The van der Waals surface area contributed by atoms with Crippen LogP contribution in [0.1, 0.15) is 17.9 Å².